The lowest BCUT2D eigenvalue weighted by molar-refractivity contribution is -0.136. The molecule has 1 N–H and O–H groups in total. The highest BCUT2D eigenvalue weighted by atomic mass is 16.4. The molecule has 0 aromatic heterocycles. The van der Waals surface area contributed by atoms with E-state index in [9.17, 15) is 4.79 Å². The Balaban J connectivity index is 4.02. The maximum absolute atomic E-state index is 10.5. The summed E-state index contributed by atoms with van der Waals surface area (Å²) in [7, 11) is 0. The summed E-state index contributed by atoms with van der Waals surface area (Å²) in [6.45, 7) is 4.16. The number of hydrogen-bond donors (Lipinski definition) is 1. The van der Waals surface area contributed by atoms with Crippen molar-refractivity contribution < 1.29 is 9.90 Å². The molecule has 2 nitrogen and oxygen atoms in total. The number of allylic oxidation sites excluding steroid dienone is 3. The molecule has 0 rings (SSSR count). The molecule has 0 bridgehead atoms. The zero-order chi connectivity index (χ0) is 10.8. The van der Waals surface area contributed by atoms with Crippen molar-refractivity contribution in [2.24, 2.45) is 0 Å². The van der Waals surface area contributed by atoms with E-state index in [1.807, 2.05) is 19.1 Å². The second-order valence-electron chi connectivity index (χ2n) is 3.30. The second kappa shape index (κ2) is 8.54. The van der Waals surface area contributed by atoms with Gasteiger partial charge >= 0.3 is 5.97 Å². The molecule has 0 fully saturated rings. The van der Waals surface area contributed by atoms with Crippen LogP contribution in [0.2, 0.25) is 0 Å². The zero-order valence-corrected chi connectivity index (χ0v) is 9.12. The molecule has 0 saturated heterocycles. The molecule has 0 saturated carbocycles. The Morgan fingerprint density at radius 2 is 2.07 bits per heavy atom. The van der Waals surface area contributed by atoms with Crippen LogP contribution >= 0.6 is 0 Å². The summed E-state index contributed by atoms with van der Waals surface area (Å²) in [5.41, 5.74) is 0.913. The Labute approximate surface area is 86.3 Å². The van der Waals surface area contributed by atoms with E-state index >= 15 is 0 Å². The van der Waals surface area contributed by atoms with Gasteiger partial charge in [0.25, 0.3) is 0 Å². The van der Waals surface area contributed by atoms with Crippen LogP contribution < -0.4 is 0 Å². The number of rotatable bonds is 7. The summed E-state index contributed by atoms with van der Waals surface area (Å²) in [6.07, 6.45) is 10.4. The van der Waals surface area contributed by atoms with Crippen molar-refractivity contribution in [1.82, 2.24) is 0 Å². The van der Waals surface area contributed by atoms with Crippen LogP contribution in [0.25, 0.3) is 0 Å². The van der Waals surface area contributed by atoms with E-state index < -0.39 is 5.97 Å². The molecule has 80 valence electrons. The Hall–Kier alpha value is -1.05. The van der Waals surface area contributed by atoms with Crippen LogP contribution in [0.4, 0.5) is 0 Å². The van der Waals surface area contributed by atoms with E-state index in [2.05, 4.69) is 13.0 Å². The first-order valence-electron chi connectivity index (χ1n) is 5.28. The smallest absolute Gasteiger partial charge is 0.307 e. The maximum Gasteiger partial charge on any atom is 0.307 e. The summed E-state index contributed by atoms with van der Waals surface area (Å²) in [6, 6.07) is 0. The molecule has 2 heteroatoms. The van der Waals surface area contributed by atoms with Crippen molar-refractivity contribution in [2.45, 2.75) is 46.0 Å². The average Bonchev–Trinajstić information content (AvgIpc) is 2.12. The summed E-state index contributed by atoms with van der Waals surface area (Å²) in [5, 5.41) is 8.64. The van der Waals surface area contributed by atoms with Gasteiger partial charge in [-0.2, -0.15) is 0 Å². The highest BCUT2D eigenvalue weighted by Crippen LogP contribution is 2.06. The minimum Gasteiger partial charge on any atom is -0.481 e. The Kier molecular flexibility index (Phi) is 7.90. The Morgan fingerprint density at radius 1 is 1.36 bits per heavy atom. The fourth-order valence-electron chi connectivity index (χ4n) is 1.19. The molecule has 14 heavy (non-hydrogen) atoms. The van der Waals surface area contributed by atoms with Gasteiger partial charge in [-0.25, -0.2) is 0 Å². The van der Waals surface area contributed by atoms with Crippen LogP contribution in [0.3, 0.4) is 0 Å². The third-order valence-electron chi connectivity index (χ3n) is 1.88. The Bertz CT molecular complexity index is 214. The highest BCUT2D eigenvalue weighted by molar-refractivity contribution is 5.70. The van der Waals surface area contributed by atoms with Crippen molar-refractivity contribution in [3.05, 3.63) is 23.8 Å². The SMILES string of the molecule is CC/C=C(/C=C\CCCC)CC(=O)O. The lowest BCUT2D eigenvalue weighted by Crippen LogP contribution is -1.95. The second-order valence-corrected chi connectivity index (χ2v) is 3.30. The van der Waals surface area contributed by atoms with E-state index in [-0.39, 0.29) is 6.42 Å². The molecule has 0 atom stereocenters. The predicted molar refractivity (Wildman–Crippen MR) is 59.3 cm³/mol. The largest absolute Gasteiger partial charge is 0.481 e. The summed E-state index contributed by atoms with van der Waals surface area (Å²) in [5.74, 6) is -0.759. The van der Waals surface area contributed by atoms with Crippen molar-refractivity contribution in [1.29, 1.82) is 0 Å². The summed E-state index contributed by atoms with van der Waals surface area (Å²) >= 11 is 0. The predicted octanol–water partition coefficient (Wildman–Crippen LogP) is 3.54. The maximum atomic E-state index is 10.5. The minimum absolute atomic E-state index is 0.135. The van der Waals surface area contributed by atoms with Crippen molar-refractivity contribution >= 4 is 5.97 Å². The van der Waals surface area contributed by atoms with Crippen LogP contribution in [0.1, 0.15) is 46.0 Å². The number of carboxylic acids is 1. The number of unbranched alkanes of at least 4 members (excludes halogenated alkanes) is 2. The monoisotopic (exact) mass is 196 g/mol. The topological polar surface area (TPSA) is 37.3 Å². The number of carboxylic acid groups (broad SMARTS) is 1. The first-order valence-corrected chi connectivity index (χ1v) is 5.28. The fourth-order valence-corrected chi connectivity index (χ4v) is 1.19. The fraction of sp³-hybridized carbons (Fsp3) is 0.583. The van der Waals surface area contributed by atoms with Crippen molar-refractivity contribution in [3.8, 4) is 0 Å². The molecule has 0 aromatic carbocycles. The third kappa shape index (κ3) is 7.59. The molecular weight excluding hydrogens is 176 g/mol. The molecule has 0 unspecified atom stereocenters. The molecule has 0 aliphatic carbocycles. The van der Waals surface area contributed by atoms with Crippen molar-refractivity contribution in [2.75, 3.05) is 0 Å². The van der Waals surface area contributed by atoms with Gasteiger partial charge in [0.2, 0.25) is 0 Å². The van der Waals surface area contributed by atoms with Crippen molar-refractivity contribution in [3.63, 3.8) is 0 Å². The normalized spacial score (nSPS) is 12.3. The van der Waals surface area contributed by atoms with Gasteiger partial charge in [-0.05, 0) is 18.4 Å². The number of hydrogen-bond acceptors (Lipinski definition) is 1. The summed E-state index contributed by atoms with van der Waals surface area (Å²) < 4.78 is 0. The van der Waals surface area contributed by atoms with Crippen LogP contribution in [0.5, 0.6) is 0 Å². The van der Waals surface area contributed by atoms with Crippen LogP contribution in [-0.4, -0.2) is 11.1 Å². The minimum atomic E-state index is -0.759. The van der Waals surface area contributed by atoms with E-state index in [0.717, 1.165) is 18.4 Å². The van der Waals surface area contributed by atoms with E-state index in [4.69, 9.17) is 5.11 Å². The Morgan fingerprint density at radius 3 is 2.57 bits per heavy atom. The standard InChI is InChI=1S/C12H20O2/c1-3-5-6-7-9-11(8-4-2)10-12(13)14/h7-9H,3-6,10H2,1-2H3,(H,13,14)/b9-7-,11-8-. The molecule has 0 heterocycles. The molecule has 0 aliphatic heterocycles. The average molecular weight is 196 g/mol. The molecule has 0 aliphatic rings. The summed E-state index contributed by atoms with van der Waals surface area (Å²) in [4.78, 5) is 10.5. The van der Waals surface area contributed by atoms with E-state index in [1.165, 1.54) is 12.8 Å². The quantitative estimate of drug-likeness (QED) is 0.499. The van der Waals surface area contributed by atoms with Crippen LogP contribution in [-0.2, 0) is 4.79 Å². The van der Waals surface area contributed by atoms with Gasteiger partial charge in [-0.1, -0.05) is 44.9 Å². The van der Waals surface area contributed by atoms with Gasteiger partial charge < -0.3 is 5.11 Å². The van der Waals surface area contributed by atoms with Crippen LogP contribution in [0.15, 0.2) is 23.8 Å². The highest BCUT2D eigenvalue weighted by Gasteiger charge is 1.98. The van der Waals surface area contributed by atoms with E-state index in [0.29, 0.717) is 0 Å². The van der Waals surface area contributed by atoms with Gasteiger partial charge in [-0.15, -0.1) is 0 Å². The van der Waals surface area contributed by atoms with Gasteiger partial charge in [-0.3, -0.25) is 4.79 Å². The lowest BCUT2D eigenvalue weighted by atomic mass is 10.1. The zero-order valence-electron chi connectivity index (χ0n) is 9.12. The van der Waals surface area contributed by atoms with Gasteiger partial charge in [0.05, 0.1) is 6.42 Å². The molecular formula is C12H20O2. The number of carbonyl (C=O) groups is 1. The first-order chi connectivity index (χ1) is 6.70. The molecule has 0 spiro atoms. The van der Waals surface area contributed by atoms with Crippen LogP contribution in [0, 0.1) is 0 Å². The van der Waals surface area contributed by atoms with E-state index in [1.54, 1.807) is 0 Å². The third-order valence-corrected chi connectivity index (χ3v) is 1.88. The van der Waals surface area contributed by atoms with Gasteiger partial charge in [0, 0.05) is 0 Å². The molecule has 0 amide bonds. The molecule has 0 aromatic rings. The first kappa shape index (κ1) is 12.9. The van der Waals surface area contributed by atoms with Gasteiger partial charge in [0.1, 0.15) is 0 Å². The molecule has 0 radical (unpaired) electrons. The lowest BCUT2D eigenvalue weighted by Gasteiger charge is -1.97. The van der Waals surface area contributed by atoms with Gasteiger partial charge in [0.15, 0.2) is 0 Å². The number of aliphatic carboxylic acids is 1.